The average Bonchev–Trinajstić information content (AvgIpc) is 2.44. The van der Waals surface area contributed by atoms with Crippen LogP contribution in [-0.2, 0) is 15.7 Å². The highest BCUT2D eigenvalue weighted by molar-refractivity contribution is 5.76. The van der Waals surface area contributed by atoms with Gasteiger partial charge in [-0.15, -0.1) is 0 Å². The van der Waals surface area contributed by atoms with Crippen molar-refractivity contribution < 1.29 is 27.8 Å². The normalized spacial score (nSPS) is 14.5. The molecular weight excluding hydrogens is 299 g/mol. The fourth-order valence-electron chi connectivity index (χ4n) is 2.13. The van der Waals surface area contributed by atoms with Crippen LogP contribution in [-0.4, -0.2) is 37.4 Å². The minimum Gasteiger partial charge on any atom is -0.389 e. The third-order valence-corrected chi connectivity index (χ3v) is 3.18. The molecule has 7 heteroatoms. The molecule has 0 heterocycles. The maximum absolute atomic E-state index is 12.9. The van der Waals surface area contributed by atoms with Crippen molar-refractivity contribution in [1.82, 2.24) is 5.32 Å². The number of rotatable bonds is 7. The van der Waals surface area contributed by atoms with Crippen LogP contribution >= 0.6 is 0 Å². The summed E-state index contributed by atoms with van der Waals surface area (Å²) in [6, 6.07) is 5.22. The molecule has 0 aliphatic rings. The van der Waals surface area contributed by atoms with Crippen LogP contribution in [0.1, 0.15) is 30.4 Å². The number of amides is 1. The van der Waals surface area contributed by atoms with E-state index in [1.54, 1.807) is 6.92 Å². The van der Waals surface area contributed by atoms with Gasteiger partial charge < -0.3 is 15.2 Å². The van der Waals surface area contributed by atoms with Crippen molar-refractivity contribution in [3.63, 3.8) is 0 Å². The van der Waals surface area contributed by atoms with Crippen molar-refractivity contribution >= 4 is 5.91 Å². The number of alkyl halides is 3. The molecule has 2 N–H and O–H groups in total. The molecule has 2 atom stereocenters. The predicted molar refractivity (Wildman–Crippen MR) is 75.4 cm³/mol. The van der Waals surface area contributed by atoms with Crippen LogP contribution in [0.5, 0.6) is 0 Å². The summed E-state index contributed by atoms with van der Waals surface area (Å²) in [6.45, 7) is 1.64. The Balaban J connectivity index is 2.66. The van der Waals surface area contributed by atoms with Crippen molar-refractivity contribution in [2.45, 2.75) is 31.5 Å². The van der Waals surface area contributed by atoms with E-state index >= 15 is 0 Å². The van der Waals surface area contributed by atoms with E-state index in [0.717, 1.165) is 6.07 Å². The fourth-order valence-corrected chi connectivity index (χ4v) is 2.13. The van der Waals surface area contributed by atoms with E-state index in [9.17, 15) is 23.1 Å². The minimum atomic E-state index is -4.45. The molecule has 2 unspecified atom stereocenters. The lowest BCUT2D eigenvalue weighted by Crippen LogP contribution is -2.34. The molecule has 0 saturated heterocycles. The highest BCUT2D eigenvalue weighted by atomic mass is 19.4. The molecular formula is C15H20F3NO3. The second-order valence-electron chi connectivity index (χ2n) is 5.10. The number of hydrogen-bond donors (Lipinski definition) is 2. The lowest BCUT2D eigenvalue weighted by Gasteiger charge is -2.18. The number of carbonyl (C=O) groups excluding carboxylic acids is 1. The highest BCUT2D eigenvalue weighted by Gasteiger charge is 2.34. The van der Waals surface area contributed by atoms with E-state index < -0.39 is 29.7 Å². The molecule has 0 saturated carbocycles. The summed E-state index contributed by atoms with van der Waals surface area (Å²) >= 11 is 0. The highest BCUT2D eigenvalue weighted by Crippen LogP contribution is 2.35. The van der Waals surface area contributed by atoms with Crippen molar-refractivity contribution in [1.29, 1.82) is 0 Å². The van der Waals surface area contributed by atoms with Gasteiger partial charge in [0.1, 0.15) is 0 Å². The average molecular weight is 319 g/mol. The van der Waals surface area contributed by atoms with Crippen LogP contribution in [0.25, 0.3) is 0 Å². The first-order valence-electron chi connectivity index (χ1n) is 6.85. The van der Waals surface area contributed by atoms with Crippen LogP contribution in [0, 0.1) is 0 Å². The molecule has 1 amide bonds. The van der Waals surface area contributed by atoms with E-state index in [1.165, 1.54) is 25.3 Å². The Morgan fingerprint density at radius 3 is 2.59 bits per heavy atom. The summed E-state index contributed by atoms with van der Waals surface area (Å²) in [5.74, 6) is -1.00. The molecule has 4 nitrogen and oxygen atoms in total. The zero-order chi connectivity index (χ0) is 16.8. The summed E-state index contributed by atoms with van der Waals surface area (Å²) in [5.41, 5.74) is -0.641. The van der Waals surface area contributed by atoms with Gasteiger partial charge in [-0.1, -0.05) is 25.1 Å². The lowest BCUT2D eigenvalue weighted by atomic mass is 9.92. The van der Waals surface area contributed by atoms with Gasteiger partial charge in [0.2, 0.25) is 5.91 Å². The van der Waals surface area contributed by atoms with Gasteiger partial charge in [-0.25, -0.2) is 0 Å². The van der Waals surface area contributed by atoms with E-state index in [1.807, 2.05) is 0 Å². The van der Waals surface area contributed by atoms with Crippen LogP contribution in [0.3, 0.4) is 0 Å². The van der Waals surface area contributed by atoms with Crippen molar-refractivity contribution in [2.75, 3.05) is 20.3 Å². The summed E-state index contributed by atoms with van der Waals surface area (Å²) < 4.78 is 43.5. The number of benzene rings is 1. The number of ether oxygens (including phenoxy) is 1. The van der Waals surface area contributed by atoms with Crippen LogP contribution < -0.4 is 5.32 Å². The topological polar surface area (TPSA) is 58.6 Å². The maximum Gasteiger partial charge on any atom is 0.416 e. The first-order valence-corrected chi connectivity index (χ1v) is 6.85. The largest absolute Gasteiger partial charge is 0.416 e. The second kappa shape index (κ2) is 8.14. The smallest absolute Gasteiger partial charge is 0.389 e. The molecule has 22 heavy (non-hydrogen) atoms. The van der Waals surface area contributed by atoms with E-state index in [4.69, 9.17) is 4.74 Å². The summed E-state index contributed by atoms with van der Waals surface area (Å²) in [4.78, 5) is 11.8. The van der Waals surface area contributed by atoms with Gasteiger partial charge in [-0.2, -0.15) is 13.2 Å². The van der Waals surface area contributed by atoms with E-state index in [-0.39, 0.29) is 25.1 Å². The Kier molecular flexibility index (Phi) is 6.83. The Bertz CT molecular complexity index is 491. The number of methoxy groups -OCH3 is 1. The van der Waals surface area contributed by atoms with Crippen molar-refractivity contribution in [3.8, 4) is 0 Å². The predicted octanol–water partition coefficient (Wildman–Crippen LogP) is 2.32. The van der Waals surface area contributed by atoms with E-state index in [2.05, 4.69) is 5.32 Å². The Morgan fingerprint density at radius 1 is 1.36 bits per heavy atom. The zero-order valence-corrected chi connectivity index (χ0v) is 12.5. The number of halogens is 3. The lowest BCUT2D eigenvalue weighted by molar-refractivity contribution is -0.138. The molecule has 0 fully saturated rings. The minimum absolute atomic E-state index is 0.000309. The molecule has 0 bridgehead atoms. The molecule has 0 spiro atoms. The molecule has 1 aromatic rings. The number of carbonyl (C=O) groups is 1. The zero-order valence-electron chi connectivity index (χ0n) is 12.5. The third kappa shape index (κ3) is 5.65. The van der Waals surface area contributed by atoms with Gasteiger partial charge in [-0.05, 0) is 17.5 Å². The molecule has 124 valence electrons. The van der Waals surface area contributed by atoms with E-state index in [0.29, 0.717) is 0 Å². The van der Waals surface area contributed by atoms with Crippen molar-refractivity contribution in [3.05, 3.63) is 35.4 Å². The van der Waals surface area contributed by atoms with Gasteiger partial charge in [0, 0.05) is 20.1 Å². The first kappa shape index (κ1) is 18.4. The van der Waals surface area contributed by atoms with Crippen LogP contribution in [0.2, 0.25) is 0 Å². The molecule has 1 aromatic carbocycles. The van der Waals surface area contributed by atoms with Gasteiger partial charge in [0.15, 0.2) is 0 Å². The van der Waals surface area contributed by atoms with Crippen molar-refractivity contribution in [2.24, 2.45) is 0 Å². The SMILES string of the molecule is COCC(O)CNC(=O)CC(C)c1ccccc1C(F)(F)F. The molecule has 1 rings (SSSR count). The Morgan fingerprint density at radius 2 is 2.00 bits per heavy atom. The molecule has 0 aliphatic carbocycles. The quantitative estimate of drug-likeness (QED) is 0.811. The van der Waals surface area contributed by atoms with Gasteiger partial charge in [0.05, 0.1) is 18.3 Å². The van der Waals surface area contributed by atoms with Gasteiger partial charge in [0.25, 0.3) is 0 Å². The van der Waals surface area contributed by atoms with Gasteiger partial charge >= 0.3 is 6.18 Å². The molecule has 0 aliphatic heterocycles. The third-order valence-electron chi connectivity index (χ3n) is 3.18. The number of aliphatic hydroxyl groups is 1. The summed E-state index contributed by atoms with van der Waals surface area (Å²) in [7, 11) is 1.42. The first-order chi connectivity index (χ1) is 10.3. The Hall–Kier alpha value is -1.60. The maximum atomic E-state index is 12.9. The number of hydrogen-bond acceptors (Lipinski definition) is 3. The summed E-state index contributed by atoms with van der Waals surface area (Å²) in [6.07, 6.45) is -5.38. The Labute approximate surface area is 127 Å². The second-order valence-corrected chi connectivity index (χ2v) is 5.10. The summed E-state index contributed by atoms with van der Waals surface area (Å²) in [5, 5.41) is 11.9. The number of nitrogens with one attached hydrogen (secondary N) is 1. The monoisotopic (exact) mass is 319 g/mol. The standard InChI is InChI=1S/C15H20F3NO3/c1-10(7-14(21)19-8-11(20)9-22-2)12-5-3-4-6-13(12)15(16,17)18/h3-6,10-11,20H,7-9H2,1-2H3,(H,19,21). The number of aliphatic hydroxyl groups excluding tert-OH is 1. The van der Waals surface area contributed by atoms with Crippen LogP contribution in [0.4, 0.5) is 13.2 Å². The fraction of sp³-hybridized carbons (Fsp3) is 0.533. The van der Waals surface area contributed by atoms with Crippen LogP contribution in [0.15, 0.2) is 24.3 Å². The van der Waals surface area contributed by atoms with Gasteiger partial charge in [-0.3, -0.25) is 4.79 Å². The molecule has 0 aromatic heterocycles. The molecule has 0 radical (unpaired) electrons.